The van der Waals surface area contributed by atoms with E-state index in [-0.39, 0.29) is 0 Å². The predicted octanol–water partition coefficient (Wildman–Crippen LogP) is 0.997. The molecule has 0 aromatic heterocycles. The third-order valence-corrected chi connectivity index (χ3v) is 3.30. The highest BCUT2D eigenvalue weighted by Crippen LogP contribution is 2.16. The van der Waals surface area contributed by atoms with E-state index in [1.807, 2.05) is 0 Å². The predicted molar refractivity (Wildman–Crippen MR) is 66.0 cm³/mol. The molecule has 90 valence electrons. The van der Waals surface area contributed by atoms with Crippen molar-refractivity contribution in [1.82, 2.24) is 9.80 Å². The van der Waals surface area contributed by atoms with Crippen molar-refractivity contribution in [2.45, 2.75) is 33.2 Å². The second-order valence-corrected chi connectivity index (χ2v) is 5.00. The molecule has 1 atom stereocenters. The lowest BCUT2D eigenvalue weighted by atomic mass is 10.00. The molecule has 0 amide bonds. The first-order valence-electron chi connectivity index (χ1n) is 6.33. The molecule has 0 aliphatic carbocycles. The van der Waals surface area contributed by atoms with Crippen LogP contribution in [0, 0.1) is 5.92 Å². The van der Waals surface area contributed by atoms with Crippen LogP contribution in [-0.4, -0.2) is 55.1 Å². The second kappa shape index (κ2) is 6.46. The van der Waals surface area contributed by atoms with E-state index in [4.69, 9.17) is 5.73 Å². The quantitative estimate of drug-likeness (QED) is 0.739. The van der Waals surface area contributed by atoms with Crippen molar-refractivity contribution in [2.75, 3.05) is 39.3 Å². The SMILES string of the molecule is CCN1CCN(CCN)C(CC(C)C)C1. The molecule has 2 N–H and O–H groups in total. The van der Waals surface area contributed by atoms with Crippen LogP contribution in [-0.2, 0) is 0 Å². The van der Waals surface area contributed by atoms with E-state index in [0.29, 0.717) is 0 Å². The highest BCUT2D eigenvalue weighted by molar-refractivity contribution is 4.82. The van der Waals surface area contributed by atoms with Crippen LogP contribution in [0.4, 0.5) is 0 Å². The third kappa shape index (κ3) is 4.09. The van der Waals surface area contributed by atoms with Crippen LogP contribution in [0.5, 0.6) is 0 Å². The zero-order chi connectivity index (χ0) is 11.3. The van der Waals surface area contributed by atoms with Gasteiger partial charge in [-0.1, -0.05) is 20.8 Å². The Balaban J connectivity index is 2.48. The van der Waals surface area contributed by atoms with Crippen molar-refractivity contribution < 1.29 is 0 Å². The molecule has 0 bridgehead atoms. The van der Waals surface area contributed by atoms with Gasteiger partial charge in [-0.2, -0.15) is 0 Å². The van der Waals surface area contributed by atoms with Gasteiger partial charge in [-0.05, 0) is 18.9 Å². The summed E-state index contributed by atoms with van der Waals surface area (Å²) in [5.41, 5.74) is 5.66. The van der Waals surface area contributed by atoms with Crippen LogP contribution in [0.15, 0.2) is 0 Å². The summed E-state index contributed by atoms with van der Waals surface area (Å²) in [5.74, 6) is 0.784. The van der Waals surface area contributed by atoms with E-state index < -0.39 is 0 Å². The standard InChI is InChI=1S/C12H27N3/c1-4-14-7-8-15(6-5-13)12(10-14)9-11(2)3/h11-12H,4-10,13H2,1-3H3. The van der Waals surface area contributed by atoms with Crippen LogP contribution in [0.25, 0.3) is 0 Å². The van der Waals surface area contributed by atoms with E-state index >= 15 is 0 Å². The van der Waals surface area contributed by atoms with E-state index in [1.165, 1.54) is 32.6 Å². The third-order valence-electron chi connectivity index (χ3n) is 3.30. The van der Waals surface area contributed by atoms with E-state index in [9.17, 15) is 0 Å². The second-order valence-electron chi connectivity index (χ2n) is 5.00. The molecule has 1 unspecified atom stereocenters. The van der Waals surface area contributed by atoms with Gasteiger partial charge in [0, 0.05) is 38.8 Å². The lowest BCUT2D eigenvalue weighted by molar-refractivity contribution is 0.0684. The van der Waals surface area contributed by atoms with Gasteiger partial charge < -0.3 is 10.6 Å². The van der Waals surface area contributed by atoms with E-state index in [1.54, 1.807) is 0 Å². The monoisotopic (exact) mass is 213 g/mol. The molecule has 1 heterocycles. The minimum Gasteiger partial charge on any atom is -0.329 e. The van der Waals surface area contributed by atoms with Gasteiger partial charge in [0.25, 0.3) is 0 Å². The first kappa shape index (κ1) is 12.9. The van der Waals surface area contributed by atoms with Gasteiger partial charge in [0.05, 0.1) is 0 Å². The fraction of sp³-hybridized carbons (Fsp3) is 1.00. The van der Waals surface area contributed by atoms with Gasteiger partial charge >= 0.3 is 0 Å². The summed E-state index contributed by atoms with van der Waals surface area (Å²) in [6, 6.07) is 0.724. The summed E-state index contributed by atoms with van der Waals surface area (Å²) in [6.07, 6.45) is 1.30. The number of hydrogen-bond donors (Lipinski definition) is 1. The van der Waals surface area contributed by atoms with Crippen molar-refractivity contribution in [2.24, 2.45) is 11.7 Å². The lowest BCUT2D eigenvalue weighted by Gasteiger charge is -2.41. The largest absolute Gasteiger partial charge is 0.329 e. The number of nitrogens with zero attached hydrogens (tertiary/aromatic N) is 2. The van der Waals surface area contributed by atoms with Crippen molar-refractivity contribution in [1.29, 1.82) is 0 Å². The topological polar surface area (TPSA) is 32.5 Å². The molecule has 1 aliphatic heterocycles. The number of hydrogen-bond acceptors (Lipinski definition) is 3. The van der Waals surface area contributed by atoms with Gasteiger partial charge in [0.1, 0.15) is 0 Å². The Morgan fingerprint density at radius 2 is 2.07 bits per heavy atom. The zero-order valence-electron chi connectivity index (χ0n) is 10.6. The normalized spacial score (nSPS) is 25.0. The maximum atomic E-state index is 5.66. The van der Waals surface area contributed by atoms with Gasteiger partial charge in [0.2, 0.25) is 0 Å². The molecule has 3 nitrogen and oxygen atoms in total. The van der Waals surface area contributed by atoms with E-state index in [0.717, 1.165) is 25.0 Å². The van der Waals surface area contributed by atoms with Gasteiger partial charge in [-0.15, -0.1) is 0 Å². The highest BCUT2D eigenvalue weighted by atomic mass is 15.3. The van der Waals surface area contributed by atoms with Crippen LogP contribution in [0.3, 0.4) is 0 Å². The first-order chi connectivity index (χ1) is 7.17. The Hall–Kier alpha value is -0.120. The maximum Gasteiger partial charge on any atom is 0.0226 e. The maximum absolute atomic E-state index is 5.66. The smallest absolute Gasteiger partial charge is 0.0226 e. The fourth-order valence-corrected chi connectivity index (χ4v) is 2.47. The van der Waals surface area contributed by atoms with Gasteiger partial charge in [-0.3, -0.25) is 4.90 Å². The molecule has 3 heteroatoms. The summed E-state index contributed by atoms with van der Waals surface area (Å²) in [5, 5.41) is 0. The Kier molecular flexibility index (Phi) is 5.58. The molecule has 0 aromatic carbocycles. The van der Waals surface area contributed by atoms with Crippen molar-refractivity contribution in [3.05, 3.63) is 0 Å². The summed E-state index contributed by atoms with van der Waals surface area (Å²) >= 11 is 0. The molecule has 15 heavy (non-hydrogen) atoms. The zero-order valence-corrected chi connectivity index (χ0v) is 10.6. The Morgan fingerprint density at radius 3 is 2.60 bits per heavy atom. The Bertz CT molecular complexity index is 170. The van der Waals surface area contributed by atoms with Gasteiger partial charge in [-0.25, -0.2) is 0 Å². The number of piperazine rings is 1. The van der Waals surface area contributed by atoms with Crippen LogP contribution in [0.2, 0.25) is 0 Å². The van der Waals surface area contributed by atoms with E-state index in [2.05, 4.69) is 30.6 Å². The molecule has 0 saturated carbocycles. The molecule has 1 fully saturated rings. The Labute approximate surface area is 94.6 Å². The molecular weight excluding hydrogens is 186 g/mol. The number of nitrogens with two attached hydrogens (primary N) is 1. The summed E-state index contributed by atoms with van der Waals surface area (Å²) in [6.45, 7) is 13.6. The molecule has 1 rings (SSSR count). The average molecular weight is 213 g/mol. The molecule has 0 radical (unpaired) electrons. The summed E-state index contributed by atoms with van der Waals surface area (Å²) < 4.78 is 0. The van der Waals surface area contributed by atoms with Crippen molar-refractivity contribution in [3.63, 3.8) is 0 Å². The molecule has 1 aliphatic rings. The molecule has 1 saturated heterocycles. The summed E-state index contributed by atoms with van der Waals surface area (Å²) in [4.78, 5) is 5.13. The summed E-state index contributed by atoms with van der Waals surface area (Å²) in [7, 11) is 0. The van der Waals surface area contributed by atoms with Gasteiger partial charge in [0.15, 0.2) is 0 Å². The number of likely N-dealkylation sites (N-methyl/N-ethyl adjacent to an activating group) is 1. The molecule has 0 aromatic rings. The van der Waals surface area contributed by atoms with Crippen molar-refractivity contribution in [3.8, 4) is 0 Å². The lowest BCUT2D eigenvalue weighted by Crippen LogP contribution is -2.54. The van der Waals surface area contributed by atoms with Crippen molar-refractivity contribution >= 4 is 0 Å². The molecular formula is C12H27N3. The number of rotatable bonds is 5. The fourth-order valence-electron chi connectivity index (χ4n) is 2.47. The van der Waals surface area contributed by atoms with Crippen LogP contribution in [0.1, 0.15) is 27.2 Å². The van der Waals surface area contributed by atoms with Crippen LogP contribution >= 0.6 is 0 Å². The van der Waals surface area contributed by atoms with Crippen LogP contribution < -0.4 is 5.73 Å². The minimum absolute atomic E-state index is 0.724. The highest BCUT2D eigenvalue weighted by Gasteiger charge is 2.25. The Morgan fingerprint density at radius 1 is 1.33 bits per heavy atom. The minimum atomic E-state index is 0.724. The first-order valence-corrected chi connectivity index (χ1v) is 6.33. The average Bonchev–Trinajstić information content (AvgIpc) is 2.20. The molecule has 0 spiro atoms.